The maximum atomic E-state index is 11.5. The number of hydrogen-bond donors (Lipinski definition) is 2. The van der Waals surface area contributed by atoms with Gasteiger partial charge in [-0.1, -0.05) is 0 Å². The topological polar surface area (TPSA) is 83.6 Å². The van der Waals surface area contributed by atoms with Gasteiger partial charge in [0, 0.05) is 18.9 Å². The van der Waals surface area contributed by atoms with Gasteiger partial charge in [0.15, 0.2) is 5.69 Å². The third-order valence-corrected chi connectivity index (χ3v) is 2.22. The molecule has 0 radical (unpaired) electrons. The molecule has 0 spiro atoms. The van der Waals surface area contributed by atoms with Crippen LogP contribution >= 0.6 is 0 Å². The fraction of sp³-hybridized carbons (Fsp3) is 0.200. The van der Waals surface area contributed by atoms with E-state index in [1.165, 1.54) is 6.20 Å². The van der Waals surface area contributed by atoms with Gasteiger partial charge >= 0.3 is 0 Å². The molecule has 1 amide bonds. The molecule has 6 heteroatoms. The molecule has 0 aliphatic heterocycles. The van der Waals surface area contributed by atoms with E-state index in [9.17, 15) is 4.79 Å². The van der Waals surface area contributed by atoms with Crippen molar-refractivity contribution in [1.82, 2.24) is 25.7 Å². The largest absolute Gasteiger partial charge is 0.347 e. The highest BCUT2D eigenvalue weighted by molar-refractivity contribution is 5.91. The second-order valence-electron chi connectivity index (χ2n) is 3.34. The number of aromatic amines is 1. The fourth-order valence-electron chi connectivity index (χ4n) is 1.28. The van der Waals surface area contributed by atoms with Gasteiger partial charge in [-0.3, -0.25) is 9.78 Å². The SMILES string of the molecule is Cc1cnccc1CNC(=O)c1cn[nH]n1. The van der Waals surface area contributed by atoms with Crippen LogP contribution in [0.15, 0.2) is 24.7 Å². The molecule has 0 aromatic carbocycles. The first-order chi connectivity index (χ1) is 7.77. The predicted molar refractivity (Wildman–Crippen MR) is 56.5 cm³/mol. The molecule has 0 bridgehead atoms. The van der Waals surface area contributed by atoms with E-state index < -0.39 is 0 Å². The highest BCUT2D eigenvalue weighted by Crippen LogP contribution is 2.04. The Morgan fingerprint density at radius 3 is 3.06 bits per heavy atom. The van der Waals surface area contributed by atoms with Crippen molar-refractivity contribution in [2.45, 2.75) is 13.5 Å². The summed E-state index contributed by atoms with van der Waals surface area (Å²) >= 11 is 0. The third-order valence-electron chi connectivity index (χ3n) is 2.22. The van der Waals surface area contributed by atoms with E-state index in [1.807, 2.05) is 13.0 Å². The molecule has 0 unspecified atom stereocenters. The van der Waals surface area contributed by atoms with Gasteiger partial charge in [-0.2, -0.15) is 15.4 Å². The minimum Gasteiger partial charge on any atom is -0.347 e. The van der Waals surface area contributed by atoms with E-state index in [-0.39, 0.29) is 11.6 Å². The minimum atomic E-state index is -0.245. The van der Waals surface area contributed by atoms with Crippen molar-refractivity contribution in [2.75, 3.05) is 0 Å². The molecule has 0 fully saturated rings. The Balaban J connectivity index is 1.98. The van der Waals surface area contributed by atoms with Crippen LogP contribution in [0.2, 0.25) is 0 Å². The second kappa shape index (κ2) is 4.52. The monoisotopic (exact) mass is 217 g/mol. The highest BCUT2D eigenvalue weighted by Gasteiger charge is 2.08. The summed E-state index contributed by atoms with van der Waals surface area (Å²) in [6.07, 6.45) is 4.84. The number of pyridine rings is 1. The van der Waals surface area contributed by atoms with Gasteiger partial charge in [0.2, 0.25) is 0 Å². The summed E-state index contributed by atoms with van der Waals surface area (Å²) < 4.78 is 0. The first-order valence-electron chi connectivity index (χ1n) is 4.81. The Hall–Kier alpha value is -2.24. The van der Waals surface area contributed by atoms with Crippen molar-refractivity contribution in [3.8, 4) is 0 Å². The minimum absolute atomic E-state index is 0.245. The Labute approximate surface area is 92.1 Å². The van der Waals surface area contributed by atoms with Crippen LogP contribution in [0.1, 0.15) is 21.6 Å². The predicted octanol–water partition coefficient (Wildman–Crippen LogP) is 0.438. The second-order valence-corrected chi connectivity index (χ2v) is 3.34. The molecule has 2 N–H and O–H groups in total. The number of hydrogen-bond acceptors (Lipinski definition) is 4. The lowest BCUT2D eigenvalue weighted by Crippen LogP contribution is -2.23. The molecule has 6 nitrogen and oxygen atoms in total. The van der Waals surface area contributed by atoms with Gasteiger partial charge in [-0.05, 0) is 24.1 Å². The molecule has 0 atom stereocenters. The molecular formula is C10H11N5O. The first-order valence-corrected chi connectivity index (χ1v) is 4.81. The molecule has 82 valence electrons. The van der Waals surface area contributed by atoms with E-state index >= 15 is 0 Å². The van der Waals surface area contributed by atoms with E-state index in [2.05, 4.69) is 25.7 Å². The molecule has 0 aliphatic carbocycles. The number of aryl methyl sites for hydroxylation is 1. The van der Waals surface area contributed by atoms with Gasteiger partial charge in [-0.15, -0.1) is 0 Å². The van der Waals surface area contributed by atoms with Crippen LogP contribution in [-0.2, 0) is 6.54 Å². The number of nitrogens with zero attached hydrogens (tertiary/aromatic N) is 3. The zero-order chi connectivity index (χ0) is 11.4. The summed E-state index contributed by atoms with van der Waals surface area (Å²) in [7, 11) is 0. The number of rotatable bonds is 3. The number of nitrogens with one attached hydrogen (secondary N) is 2. The van der Waals surface area contributed by atoms with Gasteiger partial charge in [0.05, 0.1) is 6.20 Å². The smallest absolute Gasteiger partial charge is 0.273 e. The molecule has 2 rings (SSSR count). The summed E-state index contributed by atoms with van der Waals surface area (Å²) in [6, 6.07) is 1.87. The molecule has 2 aromatic rings. The molecule has 0 saturated heterocycles. The van der Waals surface area contributed by atoms with Crippen LogP contribution < -0.4 is 5.32 Å². The van der Waals surface area contributed by atoms with Gasteiger partial charge < -0.3 is 5.32 Å². The van der Waals surface area contributed by atoms with E-state index in [1.54, 1.807) is 12.4 Å². The fourth-order valence-corrected chi connectivity index (χ4v) is 1.28. The summed E-state index contributed by atoms with van der Waals surface area (Å²) in [6.45, 7) is 2.41. The lowest BCUT2D eigenvalue weighted by atomic mass is 10.1. The summed E-state index contributed by atoms with van der Waals surface area (Å²) in [5, 5.41) is 12.4. The van der Waals surface area contributed by atoms with Crippen molar-refractivity contribution in [2.24, 2.45) is 0 Å². The molecule has 2 aromatic heterocycles. The van der Waals surface area contributed by atoms with Crippen molar-refractivity contribution in [3.05, 3.63) is 41.5 Å². The average molecular weight is 217 g/mol. The van der Waals surface area contributed by atoms with Gasteiger partial charge in [0.1, 0.15) is 0 Å². The number of carbonyl (C=O) groups excluding carboxylic acids is 1. The Morgan fingerprint density at radius 1 is 1.50 bits per heavy atom. The molecule has 16 heavy (non-hydrogen) atoms. The molecule has 2 heterocycles. The number of H-pyrrole nitrogens is 1. The molecular weight excluding hydrogens is 206 g/mol. The van der Waals surface area contributed by atoms with Crippen molar-refractivity contribution >= 4 is 5.91 Å². The van der Waals surface area contributed by atoms with Crippen molar-refractivity contribution in [1.29, 1.82) is 0 Å². The third kappa shape index (κ3) is 2.22. The zero-order valence-corrected chi connectivity index (χ0v) is 8.77. The normalized spacial score (nSPS) is 10.1. The lowest BCUT2D eigenvalue weighted by Gasteiger charge is -2.05. The summed E-state index contributed by atoms with van der Waals surface area (Å²) in [5.74, 6) is -0.245. The number of carbonyl (C=O) groups is 1. The van der Waals surface area contributed by atoms with E-state index in [4.69, 9.17) is 0 Å². The van der Waals surface area contributed by atoms with Crippen molar-refractivity contribution in [3.63, 3.8) is 0 Å². The molecule has 0 saturated carbocycles. The van der Waals surface area contributed by atoms with Crippen LogP contribution in [0.5, 0.6) is 0 Å². The van der Waals surface area contributed by atoms with Crippen LogP contribution in [-0.4, -0.2) is 26.3 Å². The van der Waals surface area contributed by atoms with Crippen molar-refractivity contribution < 1.29 is 4.79 Å². The van der Waals surface area contributed by atoms with Crippen LogP contribution in [0.25, 0.3) is 0 Å². The van der Waals surface area contributed by atoms with E-state index in [0.717, 1.165) is 11.1 Å². The Bertz CT molecular complexity index is 480. The van der Waals surface area contributed by atoms with E-state index in [0.29, 0.717) is 6.54 Å². The Kier molecular flexibility index (Phi) is 2.90. The molecule has 0 aliphatic rings. The zero-order valence-electron chi connectivity index (χ0n) is 8.77. The maximum absolute atomic E-state index is 11.5. The van der Waals surface area contributed by atoms with Crippen LogP contribution in [0.4, 0.5) is 0 Å². The first kappa shape index (κ1) is 10.3. The average Bonchev–Trinajstić information content (AvgIpc) is 2.81. The number of aromatic nitrogens is 4. The summed E-state index contributed by atoms with van der Waals surface area (Å²) in [5.41, 5.74) is 2.36. The summed E-state index contributed by atoms with van der Waals surface area (Å²) in [4.78, 5) is 15.5. The highest BCUT2D eigenvalue weighted by atomic mass is 16.1. The van der Waals surface area contributed by atoms with Crippen LogP contribution in [0.3, 0.4) is 0 Å². The Morgan fingerprint density at radius 2 is 2.38 bits per heavy atom. The quantitative estimate of drug-likeness (QED) is 0.781. The van der Waals surface area contributed by atoms with Gasteiger partial charge in [0.25, 0.3) is 5.91 Å². The standard InChI is InChI=1S/C10H11N5O/c1-7-4-11-3-2-8(7)5-12-10(16)9-6-13-15-14-9/h2-4,6H,5H2,1H3,(H,12,16)(H,13,14,15). The maximum Gasteiger partial charge on any atom is 0.273 e. The van der Waals surface area contributed by atoms with Crippen LogP contribution in [0, 0.1) is 6.92 Å². The number of amides is 1. The van der Waals surface area contributed by atoms with Gasteiger partial charge in [-0.25, -0.2) is 0 Å². The lowest BCUT2D eigenvalue weighted by molar-refractivity contribution is 0.0946.